The lowest BCUT2D eigenvalue weighted by atomic mass is 10.0. The second kappa shape index (κ2) is 9.94. The first-order valence-electron chi connectivity index (χ1n) is 10.1. The monoisotopic (exact) mass is 473 g/mol. The number of amides is 1. The number of nitrogens with zero attached hydrogens (tertiary/aromatic N) is 2. The lowest BCUT2D eigenvalue weighted by Gasteiger charge is -2.27. The molecule has 0 aliphatic rings. The molecule has 0 aliphatic carbocycles. The molecule has 5 nitrogen and oxygen atoms in total. The number of hydrogen-bond donors (Lipinski definition) is 1. The first-order valence-corrected chi connectivity index (χ1v) is 10.1. The van der Waals surface area contributed by atoms with Crippen molar-refractivity contribution in [2.24, 2.45) is 0 Å². The van der Waals surface area contributed by atoms with E-state index in [2.05, 4.69) is 5.10 Å². The molecule has 1 heterocycles. The van der Waals surface area contributed by atoms with Crippen LogP contribution in [0.25, 0.3) is 16.6 Å². The highest BCUT2D eigenvalue weighted by Gasteiger charge is 2.40. The number of benzene rings is 3. The fourth-order valence-electron chi connectivity index (χ4n) is 3.48. The quantitative estimate of drug-likeness (QED) is 0.350. The SMILES string of the molecule is C.C[C@H](NC(=O)C(F)(F)F)[C@H](Oc1ccc2c(cnn2-c2ccc(F)cc2)c1)c1ccccc1. The van der Waals surface area contributed by atoms with Gasteiger partial charge in [0.05, 0.1) is 23.4 Å². The van der Waals surface area contributed by atoms with Gasteiger partial charge in [0.15, 0.2) is 0 Å². The summed E-state index contributed by atoms with van der Waals surface area (Å²) >= 11 is 0. The van der Waals surface area contributed by atoms with Crippen molar-refractivity contribution in [3.05, 3.63) is 90.4 Å². The van der Waals surface area contributed by atoms with E-state index in [0.29, 0.717) is 17.0 Å². The number of rotatable bonds is 6. The van der Waals surface area contributed by atoms with Crippen molar-refractivity contribution < 1.29 is 27.1 Å². The highest BCUT2D eigenvalue weighted by atomic mass is 19.4. The third kappa shape index (κ3) is 5.36. The van der Waals surface area contributed by atoms with Gasteiger partial charge in [-0.3, -0.25) is 4.79 Å². The zero-order valence-electron chi connectivity index (χ0n) is 17.4. The summed E-state index contributed by atoms with van der Waals surface area (Å²) in [7, 11) is 0. The summed E-state index contributed by atoms with van der Waals surface area (Å²) in [6.45, 7) is 1.45. The Morgan fingerprint density at radius 3 is 2.35 bits per heavy atom. The molecule has 4 rings (SSSR count). The first-order chi connectivity index (χ1) is 15.7. The number of aromatic nitrogens is 2. The average Bonchev–Trinajstić information content (AvgIpc) is 3.21. The van der Waals surface area contributed by atoms with Gasteiger partial charge >= 0.3 is 12.1 Å². The molecule has 0 spiro atoms. The van der Waals surface area contributed by atoms with E-state index >= 15 is 0 Å². The van der Waals surface area contributed by atoms with E-state index in [0.717, 1.165) is 10.9 Å². The summed E-state index contributed by atoms with van der Waals surface area (Å²) in [4.78, 5) is 11.5. The summed E-state index contributed by atoms with van der Waals surface area (Å²) in [6.07, 6.45) is -4.26. The van der Waals surface area contributed by atoms with Gasteiger partial charge in [0.1, 0.15) is 17.7 Å². The molecule has 1 N–H and O–H groups in total. The van der Waals surface area contributed by atoms with Crippen LogP contribution < -0.4 is 10.1 Å². The number of alkyl halides is 3. The van der Waals surface area contributed by atoms with Crippen LogP contribution in [0.4, 0.5) is 17.6 Å². The van der Waals surface area contributed by atoms with Crippen LogP contribution >= 0.6 is 0 Å². The van der Waals surface area contributed by atoms with E-state index in [1.165, 1.54) is 19.1 Å². The predicted octanol–water partition coefficient (Wildman–Crippen LogP) is 5.99. The molecule has 1 amide bonds. The fraction of sp³-hybridized carbons (Fsp3) is 0.200. The van der Waals surface area contributed by atoms with Crippen molar-refractivity contribution in [2.45, 2.75) is 32.7 Å². The highest BCUT2D eigenvalue weighted by molar-refractivity contribution is 5.82. The second-order valence-corrected chi connectivity index (χ2v) is 7.46. The van der Waals surface area contributed by atoms with Gasteiger partial charge in [-0.15, -0.1) is 0 Å². The Hall–Kier alpha value is -3.88. The van der Waals surface area contributed by atoms with Crippen LogP contribution in [0.3, 0.4) is 0 Å². The van der Waals surface area contributed by atoms with Crippen molar-refractivity contribution in [3.63, 3.8) is 0 Å². The standard InChI is InChI=1S/C24H19F4N3O2.CH4/c1-15(30-23(32)24(26,27)28)22(16-5-3-2-4-6-16)33-20-11-12-21-17(13-20)14-29-31(21)19-9-7-18(25)8-10-19;/h2-15,22H,1H3,(H,30,32);1H4/t15-,22-;/m0./s1. The van der Waals surface area contributed by atoms with E-state index in [4.69, 9.17) is 4.74 Å². The Kier molecular flexibility index (Phi) is 7.24. The molecule has 4 aromatic rings. The molecule has 0 saturated carbocycles. The van der Waals surface area contributed by atoms with Crippen LogP contribution in [-0.4, -0.2) is 27.9 Å². The molecule has 3 aromatic carbocycles. The number of hydrogen-bond acceptors (Lipinski definition) is 3. The smallest absolute Gasteiger partial charge is 0.471 e. The fourth-order valence-corrected chi connectivity index (χ4v) is 3.48. The van der Waals surface area contributed by atoms with E-state index in [1.807, 2.05) is 5.32 Å². The Bertz CT molecular complexity index is 1250. The molecule has 34 heavy (non-hydrogen) atoms. The molecule has 178 valence electrons. The maximum atomic E-state index is 13.2. The van der Waals surface area contributed by atoms with E-state index in [9.17, 15) is 22.4 Å². The van der Waals surface area contributed by atoms with Crippen molar-refractivity contribution >= 4 is 16.8 Å². The number of halogens is 4. The molecule has 0 radical (unpaired) electrons. The van der Waals surface area contributed by atoms with E-state index in [1.54, 1.807) is 71.5 Å². The molecule has 1 aromatic heterocycles. The molecule has 9 heteroatoms. The molecule has 0 fully saturated rings. The number of fused-ring (bicyclic) bond motifs is 1. The summed E-state index contributed by atoms with van der Waals surface area (Å²) in [6, 6.07) is 18.7. The van der Waals surface area contributed by atoms with Gasteiger partial charge in [0, 0.05) is 5.39 Å². The number of nitrogens with one attached hydrogen (secondary N) is 1. The molecule has 0 unspecified atom stereocenters. The summed E-state index contributed by atoms with van der Waals surface area (Å²) in [5.74, 6) is -2.00. The van der Waals surface area contributed by atoms with Gasteiger partial charge in [0.2, 0.25) is 0 Å². The van der Waals surface area contributed by atoms with Crippen LogP contribution in [0.2, 0.25) is 0 Å². The van der Waals surface area contributed by atoms with Crippen molar-refractivity contribution in [2.75, 3.05) is 0 Å². The molecular formula is C25H23F4N3O2. The largest absolute Gasteiger partial charge is 0.484 e. The van der Waals surface area contributed by atoms with Crippen LogP contribution in [0.5, 0.6) is 5.75 Å². The summed E-state index contributed by atoms with van der Waals surface area (Å²) < 4.78 is 59.2. The Balaban J connectivity index is 0.00000324. The van der Waals surface area contributed by atoms with E-state index < -0.39 is 24.2 Å². The minimum absolute atomic E-state index is 0. The molecule has 2 atom stereocenters. The molecule has 0 aliphatic heterocycles. The Labute approximate surface area is 194 Å². The van der Waals surface area contributed by atoms with Crippen LogP contribution in [0.15, 0.2) is 79.0 Å². The van der Waals surface area contributed by atoms with Gasteiger partial charge in [-0.2, -0.15) is 18.3 Å². The number of ether oxygens (including phenoxy) is 1. The predicted molar refractivity (Wildman–Crippen MR) is 121 cm³/mol. The third-order valence-electron chi connectivity index (χ3n) is 5.07. The number of carbonyl (C=O) groups excluding carboxylic acids is 1. The second-order valence-electron chi connectivity index (χ2n) is 7.46. The van der Waals surface area contributed by atoms with Crippen LogP contribution in [-0.2, 0) is 4.79 Å². The van der Waals surface area contributed by atoms with Crippen molar-refractivity contribution in [1.29, 1.82) is 0 Å². The van der Waals surface area contributed by atoms with Gasteiger partial charge in [-0.25, -0.2) is 9.07 Å². The first kappa shape index (κ1) is 24.8. The van der Waals surface area contributed by atoms with Crippen molar-refractivity contribution in [3.8, 4) is 11.4 Å². The van der Waals surface area contributed by atoms with Gasteiger partial charge in [-0.1, -0.05) is 37.8 Å². The molecular weight excluding hydrogens is 450 g/mol. The average molecular weight is 473 g/mol. The maximum Gasteiger partial charge on any atom is 0.471 e. The van der Waals surface area contributed by atoms with E-state index in [-0.39, 0.29) is 13.2 Å². The zero-order chi connectivity index (χ0) is 23.6. The highest BCUT2D eigenvalue weighted by Crippen LogP contribution is 2.29. The molecule has 0 bridgehead atoms. The lowest BCUT2D eigenvalue weighted by molar-refractivity contribution is -0.174. The lowest BCUT2D eigenvalue weighted by Crippen LogP contribution is -2.45. The minimum Gasteiger partial charge on any atom is -0.484 e. The van der Waals surface area contributed by atoms with Gasteiger partial charge in [0.25, 0.3) is 0 Å². The third-order valence-corrected chi connectivity index (χ3v) is 5.07. The normalized spacial score (nSPS) is 13.1. The van der Waals surface area contributed by atoms with Gasteiger partial charge in [-0.05, 0) is 55.0 Å². The van der Waals surface area contributed by atoms with Crippen molar-refractivity contribution in [1.82, 2.24) is 15.1 Å². The minimum atomic E-state index is -5.00. The van der Waals surface area contributed by atoms with Gasteiger partial charge < -0.3 is 10.1 Å². The Morgan fingerprint density at radius 1 is 1.03 bits per heavy atom. The zero-order valence-corrected chi connectivity index (χ0v) is 17.4. The maximum absolute atomic E-state index is 13.2. The summed E-state index contributed by atoms with van der Waals surface area (Å²) in [5.41, 5.74) is 2.02. The topological polar surface area (TPSA) is 56.1 Å². The Morgan fingerprint density at radius 2 is 1.71 bits per heavy atom. The summed E-state index contributed by atoms with van der Waals surface area (Å²) in [5, 5.41) is 7.02. The van der Waals surface area contributed by atoms with Crippen LogP contribution in [0, 0.1) is 5.82 Å². The number of carbonyl (C=O) groups is 1. The van der Waals surface area contributed by atoms with Crippen LogP contribution in [0.1, 0.15) is 26.0 Å². The molecule has 0 saturated heterocycles.